The Morgan fingerprint density at radius 3 is 2.85 bits per heavy atom. The van der Waals surface area contributed by atoms with Gasteiger partial charge in [0.05, 0.1) is 16.1 Å². The van der Waals surface area contributed by atoms with Gasteiger partial charge in [-0.3, -0.25) is 4.79 Å². The van der Waals surface area contributed by atoms with Crippen molar-refractivity contribution >= 4 is 21.9 Å². The van der Waals surface area contributed by atoms with Gasteiger partial charge in [0.2, 0.25) is 0 Å². The Labute approximate surface area is 84.2 Å². The third-order valence-corrected chi connectivity index (χ3v) is 2.28. The molecule has 0 bridgehead atoms. The SMILES string of the molecule is Cc1ncc(Br)c(C(C)C(=O)O)n1. The number of carbonyl (C=O) groups is 1. The molecule has 5 heteroatoms. The second-order valence-corrected chi connectivity index (χ2v) is 3.56. The van der Waals surface area contributed by atoms with E-state index in [2.05, 4.69) is 25.9 Å². The maximum atomic E-state index is 10.7. The minimum absolute atomic E-state index is 0.514. The fourth-order valence-electron chi connectivity index (χ4n) is 0.893. The molecule has 4 nitrogen and oxygen atoms in total. The summed E-state index contributed by atoms with van der Waals surface area (Å²) in [5.41, 5.74) is 0.514. The smallest absolute Gasteiger partial charge is 0.312 e. The summed E-state index contributed by atoms with van der Waals surface area (Å²) in [5.74, 6) is -0.929. The van der Waals surface area contributed by atoms with Crippen LogP contribution in [0, 0.1) is 6.92 Å². The highest BCUT2D eigenvalue weighted by Gasteiger charge is 2.18. The molecule has 1 aromatic rings. The molecule has 70 valence electrons. The van der Waals surface area contributed by atoms with Crippen molar-refractivity contribution in [3.05, 3.63) is 22.2 Å². The zero-order valence-electron chi connectivity index (χ0n) is 7.28. The highest BCUT2D eigenvalue weighted by Crippen LogP contribution is 2.21. The minimum atomic E-state index is -0.890. The molecule has 1 unspecified atom stereocenters. The van der Waals surface area contributed by atoms with E-state index in [1.807, 2.05) is 0 Å². The number of halogens is 1. The number of carboxylic acid groups (broad SMARTS) is 1. The molecule has 1 aromatic heterocycles. The third-order valence-electron chi connectivity index (χ3n) is 1.67. The van der Waals surface area contributed by atoms with Crippen LogP contribution in [0.2, 0.25) is 0 Å². The van der Waals surface area contributed by atoms with Gasteiger partial charge in [0, 0.05) is 6.20 Å². The molecular formula is C8H9BrN2O2. The first kappa shape index (κ1) is 10.1. The van der Waals surface area contributed by atoms with E-state index in [1.165, 1.54) is 0 Å². The molecule has 0 spiro atoms. The summed E-state index contributed by atoms with van der Waals surface area (Å²) >= 11 is 3.21. The van der Waals surface area contributed by atoms with Crippen molar-refractivity contribution in [3.63, 3.8) is 0 Å². The van der Waals surface area contributed by atoms with E-state index >= 15 is 0 Å². The molecular weight excluding hydrogens is 236 g/mol. The zero-order chi connectivity index (χ0) is 10.0. The molecule has 0 amide bonds. The van der Waals surface area contributed by atoms with Crippen LogP contribution in [-0.4, -0.2) is 21.0 Å². The normalized spacial score (nSPS) is 12.5. The van der Waals surface area contributed by atoms with Gasteiger partial charge >= 0.3 is 5.97 Å². The quantitative estimate of drug-likeness (QED) is 0.861. The van der Waals surface area contributed by atoms with Gasteiger partial charge in [-0.1, -0.05) is 0 Å². The third kappa shape index (κ3) is 2.24. The van der Waals surface area contributed by atoms with Crippen molar-refractivity contribution in [2.24, 2.45) is 0 Å². The Morgan fingerprint density at radius 1 is 1.69 bits per heavy atom. The van der Waals surface area contributed by atoms with E-state index in [4.69, 9.17) is 5.11 Å². The fourth-order valence-corrected chi connectivity index (χ4v) is 1.43. The number of hydrogen-bond donors (Lipinski definition) is 1. The monoisotopic (exact) mass is 244 g/mol. The van der Waals surface area contributed by atoms with Crippen molar-refractivity contribution in [1.29, 1.82) is 0 Å². The Bertz CT molecular complexity index is 341. The Morgan fingerprint density at radius 2 is 2.31 bits per heavy atom. The summed E-state index contributed by atoms with van der Waals surface area (Å²) in [7, 11) is 0. The van der Waals surface area contributed by atoms with Gasteiger partial charge in [-0.25, -0.2) is 9.97 Å². The molecule has 0 saturated carbocycles. The first-order chi connectivity index (χ1) is 6.02. The highest BCUT2D eigenvalue weighted by atomic mass is 79.9. The van der Waals surface area contributed by atoms with Gasteiger partial charge in [-0.2, -0.15) is 0 Å². The van der Waals surface area contributed by atoms with E-state index in [-0.39, 0.29) is 0 Å². The van der Waals surface area contributed by atoms with Crippen LogP contribution >= 0.6 is 15.9 Å². The molecule has 1 rings (SSSR count). The molecule has 1 heterocycles. The predicted molar refractivity (Wildman–Crippen MR) is 50.5 cm³/mol. The standard InChI is InChI=1S/C8H9BrN2O2/c1-4(8(12)13)7-6(9)3-10-5(2)11-7/h3-4H,1-2H3,(H,12,13). The number of carboxylic acids is 1. The Kier molecular flexibility index (Phi) is 2.98. The summed E-state index contributed by atoms with van der Waals surface area (Å²) in [5, 5.41) is 8.77. The van der Waals surface area contributed by atoms with Crippen molar-refractivity contribution in [1.82, 2.24) is 9.97 Å². The van der Waals surface area contributed by atoms with Crippen LogP contribution in [0.1, 0.15) is 24.4 Å². The molecule has 0 aliphatic rings. The molecule has 1 N–H and O–H groups in total. The van der Waals surface area contributed by atoms with E-state index in [0.29, 0.717) is 16.0 Å². The van der Waals surface area contributed by atoms with E-state index < -0.39 is 11.9 Å². The lowest BCUT2D eigenvalue weighted by molar-refractivity contribution is -0.138. The van der Waals surface area contributed by atoms with Crippen LogP contribution in [0.3, 0.4) is 0 Å². The number of rotatable bonds is 2. The lowest BCUT2D eigenvalue weighted by Gasteiger charge is -2.07. The lowest BCUT2D eigenvalue weighted by atomic mass is 10.1. The highest BCUT2D eigenvalue weighted by molar-refractivity contribution is 9.10. The van der Waals surface area contributed by atoms with Crippen molar-refractivity contribution in [2.45, 2.75) is 19.8 Å². The van der Waals surface area contributed by atoms with Gasteiger partial charge < -0.3 is 5.11 Å². The molecule has 0 saturated heterocycles. The van der Waals surface area contributed by atoms with Gasteiger partial charge in [0.15, 0.2) is 0 Å². The second-order valence-electron chi connectivity index (χ2n) is 2.71. The van der Waals surface area contributed by atoms with Crippen LogP contribution in [0.15, 0.2) is 10.7 Å². The van der Waals surface area contributed by atoms with E-state index in [0.717, 1.165) is 0 Å². The summed E-state index contributed by atoms with van der Waals surface area (Å²) in [6.45, 7) is 3.32. The van der Waals surface area contributed by atoms with Crippen LogP contribution in [0.5, 0.6) is 0 Å². The molecule has 0 aliphatic carbocycles. The number of nitrogens with zero attached hydrogens (tertiary/aromatic N) is 2. The summed E-state index contributed by atoms with van der Waals surface area (Å²) in [6.07, 6.45) is 1.57. The predicted octanol–water partition coefficient (Wildman–Crippen LogP) is 1.74. The first-order valence-corrected chi connectivity index (χ1v) is 4.53. The Hall–Kier alpha value is -0.970. The van der Waals surface area contributed by atoms with E-state index in [1.54, 1.807) is 20.0 Å². The molecule has 0 aliphatic heterocycles. The molecule has 13 heavy (non-hydrogen) atoms. The van der Waals surface area contributed by atoms with Crippen LogP contribution in [0.25, 0.3) is 0 Å². The molecule has 1 atom stereocenters. The minimum Gasteiger partial charge on any atom is -0.481 e. The number of aliphatic carboxylic acids is 1. The number of aromatic nitrogens is 2. The maximum absolute atomic E-state index is 10.7. The Balaban J connectivity index is 3.12. The summed E-state index contributed by atoms with van der Waals surface area (Å²) < 4.78 is 0.632. The lowest BCUT2D eigenvalue weighted by Crippen LogP contribution is -2.11. The van der Waals surface area contributed by atoms with Crippen molar-refractivity contribution < 1.29 is 9.90 Å². The van der Waals surface area contributed by atoms with Gasteiger partial charge in [0.25, 0.3) is 0 Å². The van der Waals surface area contributed by atoms with Gasteiger partial charge in [-0.05, 0) is 29.8 Å². The van der Waals surface area contributed by atoms with Gasteiger partial charge in [-0.15, -0.1) is 0 Å². The number of aryl methyl sites for hydroxylation is 1. The zero-order valence-corrected chi connectivity index (χ0v) is 8.87. The first-order valence-electron chi connectivity index (χ1n) is 3.74. The number of hydrogen-bond acceptors (Lipinski definition) is 3. The summed E-state index contributed by atoms with van der Waals surface area (Å²) in [4.78, 5) is 18.7. The van der Waals surface area contributed by atoms with Crippen LogP contribution in [-0.2, 0) is 4.79 Å². The summed E-state index contributed by atoms with van der Waals surface area (Å²) in [6, 6.07) is 0. The maximum Gasteiger partial charge on any atom is 0.312 e. The fraction of sp³-hybridized carbons (Fsp3) is 0.375. The van der Waals surface area contributed by atoms with Crippen LogP contribution in [0.4, 0.5) is 0 Å². The van der Waals surface area contributed by atoms with E-state index in [9.17, 15) is 4.79 Å². The van der Waals surface area contributed by atoms with Crippen molar-refractivity contribution in [2.75, 3.05) is 0 Å². The molecule has 0 fully saturated rings. The topological polar surface area (TPSA) is 63.1 Å². The van der Waals surface area contributed by atoms with Gasteiger partial charge in [0.1, 0.15) is 5.82 Å². The van der Waals surface area contributed by atoms with Crippen molar-refractivity contribution in [3.8, 4) is 0 Å². The average molecular weight is 245 g/mol. The average Bonchev–Trinajstić information content (AvgIpc) is 2.08. The van der Waals surface area contributed by atoms with Crippen LogP contribution < -0.4 is 0 Å². The molecule has 0 radical (unpaired) electrons. The second kappa shape index (κ2) is 3.83. The largest absolute Gasteiger partial charge is 0.481 e. The molecule has 0 aromatic carbocycles.